The summed E-state index contributed by atoms with van der Waals surface area (Å²) >= 11 is 0. The van der Waals surface area contributed by atoms with Crippen molar-refractivity contribution in [3.8, 4) is 5.75 Å². The SMILES string of the molecule is CCc1noc(CC)c1CNC(=NC)NCc1ccc(OC)cc1.I. The van der Waals surface area contributed by atoms with Crippen LogP contribution in [0, 0.1) is 0 Å². The van der Waals surface area contributed by atoms with Crippen molar-refractivity contribution in [2.45, 2.75) is 39.8 Å². The number of rotatable bonds is 7. The normalized spacial score (nSPS) is 11.0. The number of nitrogens with one attached hydrogen (secondary N) is 2. The van der Waals surface area contributed by atoms with E-state index in [1.165, 1.54) is 0 Å². The van der Waals surface area contributed by atoms with E-state index in [-0.39, 0.29) is 24.0 Å². The Kier molecular flexibility index (Phi) is 9.33. The first-order valence-electron chi connectivity index (χ1n) is 8.25. The predicted molar refractivity (Wildman–Crippen MR) is 111 cm³/mol. The number of methoxy groups -OCH3 is 1. The smallest absolute Gasteiger partial charge is 0.191 e. The fourth-order valence-corrected chi connectivity index (χ4v) is 2.46. The van der Waals surface area contributed by atoms with Crippen LogP contribution in [0.2, 0.25) is 0 Å². The van der Waals surface area contributed by atoms with Crippen molar-refractivity contribution < 1.29 is 9.26 Å². The van der Waals surface area contributed by atoms with Crippen molar-refractivity contribution in [1.29, 1.82) is 0 Å². The van der Waals surface area contributed by atoms with Crippen LogP contribution < -0.4 is 15.4 Å². The molecule has 1 heterocycles. The summed E-state index contributed by atoms with van der Waals surface area (Å²) in [6.45, 7) is 5.49. The molecular weight excluding hydrogens is 431 g/mol. The van der Waals surface area contributed by atoms with Gasteiger partial charge in [0.15, 0.2) is 5.96 Å². The number of hydrogen-bond acceptors (Lipinski definition) is 4. The maximum atomic E-state index is 5.39. The summed E-state index contributed by atoms with van der Waals surface area (Å²) in [5.41, 5.74) is 3.30. The minimum Gasteiger partial charge on any atom is -0.497 e. The molecule has 0 aliphatic carbocycles. The molecule has 0 saturated heterocycles. The van der Waals surface area contributed by atoms with E-state index in [4.69, 9.17) is 9.26 Å². The molecular formula is C18H27IN4O2. The third kappa shape index (κ3) is 5.91. The van der Waals surface area contributed by atoms with Crippen LogP contribution in [0.1, 0.15) is 36.4 Å². The zero-order chi connectivity index (χ0) is 17.4. The number of guanidine groups is 1. The first kappa shape index (κ1) is 21.3. The highest BCUT2D eigenvalue weighted by Gasteiger charge is 2.13. The Bertz CT molecular complexity index is 647. The van der Waals surface area contributed by atoms with Crippen LogP contribution in [0.3, 0.4) is 0 Å². The van der Waals surface area contributed by atoms with Crippen molar-refractivity contribution in [1.82, 2.24) is 15.8 Å². The van der Waals surface area contributed by atoms with Gasteiger partial charge >= 0.3 is 0 Å². The van der Waals surface area contributed by atoms with Crippen molar-refractivity contribution in [2.75, 3.05) is 14.2 Å². The van der Waals surface area contributed by atoms with Gasteiger partial charge in [-0.2, -0.15) is 0 Å². The monoisotopic (exact) mass is 458 g/mol. The predicted octanol–water partition coefficient (Wildman–Crippen LogP) is 3.29. The second kappa shape index (κ2) is 11.0. The van der Waals surface area contributed by atoms with Gasteiger partial charge in [0, 0.05) is 32.1 Å². The Hall–Kier alpha value is -1.77. The first-order chi connectivity index (χ1) is 11.7. The Labute approximate surface area is 166 Å². The van der Waals surface area contributed by atoms with E-state index in [0.29, 0.717) is 13.1 Å². The number of ether oxygens (including phenoxy) is 1. The minimum absolute atomic E-state index is 0. The number of aryl methyl sites for hydroxylation is 2. The topological polar surface area (TPSA) is 71.7 Å². The van der Waals surface area contributed by atoms with E-state index in [9.17, 15) is 0 Å². The molecule has 0 spiro atoms. The minimum atomic E-state index is 0. The molecule has 7 heteroatoms. The number of aromatic nitrogens is 1. The van der Waals surface area contributed by atoms with Gasteiger partial charge in [0.25, 0.3) is 0 Å². The summed E-state index contributed by atoms with van der Waals surface area (Å²) < 4.78 is 10.6. The van der Waals surface area contributed by atoms with E-state index in [1.54, 1.807) is 14.2 Å². The quantitative estimate of drug-likeness (QED) is 0.379. The number of hydrogen-bond donors (Lipinski definition) is 2. The van der Waals surface area contributed by atoms with Crippen molar-refractivity contribution in [2.24, 2.45) is 4.99 Å². The average Bonchev–Trinajstić information content (AvgIpc) is 3.04. The van der Waals surface area contributed by atoms with Gasteiger partial charge in [0.2, 0.25) is 0 Å². The maximum Gasteiger partial charge on any atom is 0.191 e. The highest BCUT2D eigenvalue weighted by molar-refractivity contribution is 14.0. The molecule has 0 unspecified atom stereocenters. The molecule has 25 heavy (non-hydrogen) atoms. The van der Waals surface area contributed by atoms with E-state index < -0.39 is 0 Å². The second-order valence-electron chi connectivity index (χ2n) is 5.37. The first-order valence-corrected chi connectivity index (χ1v) is 8.25. The van der Waals surface area contributed by atoms with Crippen molar-refractivity contribution >= 4 is 29.9 Å². The largest absolute Gasteiger partial charge is 0.497 e. The molecule has 2 rings (SSSR count). The lowest BCUT2D eigenvalue weighted by atomic mass is 10.1. The van der Waals surface area contributed by atoms with Gasteiger partial charge in [-0.05, 0) is 24.1 Å². The fraction of sp³-hybridized carbons (Fsp3) is 0.444. The van der Waals surface area contributed by atoms with Gasteiger partial charge < -0.3 is 19.9 Å². The second-order valence-corrected chi connectivity index (χ2v) is 5.37. The van der Waals surface area contributed by atoms with Crippen LogP contribution in [0.4, 0.5) is 0 Å². The van der Waals surface area contributed by atoms with Crippen molar-refractivity contribution in [3.05, 3.63) is 46.8 Å². The highest BCUT2D eigenvalue weighted by Crippen LogP contribution is 2.15. The summed E-state index contributed by atoms with van der Waals surface area (Å²) in [4.78, 5) is 4.27. The van der Waals surface area contributed by atoms with Crippen LogP contribution in [-0.2, 0) is 25.9 Å². The molecule has 0 atom stereocenters. The molecule has 0 fully saturated rings. The van der Waals surface area contributed by atoms with Crippen LogP contribution >= 0.6 is 24.0 Å². The third-order valence-corrected chi connectivity index (χ3v) is 3.88. The lowest BCUT2D eigenvalue weighted by molar-refractivity contribution is 0.380. The van der Waals surface area contributed by atoms with Gasteiger partial charge in [0.05, 0.1) is 12.8 Å². The molecule has 0 aliphatic rings. The summed E-state index contributed by atoms with van der Waals surface area (Å²) in [6, 6.07) is 7.96. The third-order valence-electron chi connectivity index (χ3n) is 3.88. The van der Waals surface area contributed by atoms with Gasteiger partial charge in [-0.25, -0.2) is 0 Å². The Morgan fingerprint density at radius 2 is 1.80 bits per heavy atom. The molecule has 0 aliphatic heterocycles. The van der Waals surface area contributed by atoms with Crippen LogP contribution in [-0.4, -0.2) is 25.3 Å². The molecule has 1 aromatic heterocycles. The highest BCUT2D eigenvalue weighted by atomic mass is 127. The number of benzene rings is 1. The zero-order valence-corrected chi connectivity index (χ0v) is 17.6. The molecule has 0 amide bonds. The van der Waals surface area contributed by atoms with E-state index in [0.717, 1.165) is 47.1 Å². The Balaban J connectivity index is 0.00000312. The van der Waals surface area contributed by atoms with Crippen LogP contribution in [0.5, 0.6) is 5.75 Å². The van der Waals surface area contributed by atoms with E-state index in [2.05, 4.69) is 34.6 Å². The molecule has 2 aromatic rings. The summed E-state index contributed by atoms with van der Waals surface area (Å²) in [5, 5.41) is 10.8. The zero-order valence-electron chi connectivity index (χ0n) is 15.3. The molecule has 2 N–H and O–H groups in total. The molecule has 138 valence electrons. The fourth-order valence-electron chi connectivity index (χ4n) is 2.46. The molecule has 0 radical (unpaired) electrons. The average molecular weight is 458 g/mol. The van der Waals surface area contributed by atoms with Gasteiger partial charge in [-0.1, -0.05) is 31.1 Å². The lowest BCUT2D eigenvalue weighted by Gasteiger charge is -2.12. The molecule has 0 saturated carbocycles. The van der Waals surface area contributed by atoms with Crippen LogP contribution in [0.15, 0.2) is 33.8 Å². The standard InChI is InChI=1S/C18H26N4O2.HI/c1-5-16-15(17(6-2)24-22-16)12-21-18(19-3)20-11-13-7-9-14(23-4)10-8-13;/h7-10H,5-6,11-12H2,1-4H3,(H2,19,20,21);1H. The van der Waals surface area contributed by atoms with E-state index in [1.807, 2.05) is 24.3 Å². The summed E-state index contributed by atoms with van der Waals surface area (Å²) in [5.74, 6) is 2.54. The Morgan fingerprint density at radius 1 is 1.12 bits per heavy atom. The van der Waals surface area contributed by atoms with Crippen LogP contribution in [0.25, 0.3) is 0 Å². The number of halogens is 1. The van der Waals surface area contributed by atoms with Crippen molar-refractivity contribution in [3.63, 3.8) is 0 Å². The Morgan fingerprint density at radius 3 is 2.36 bits per heavy atom. The lowest BCUT2D eigenvalue weighted by Crippen LogP contribution is -2.36. The molecule has 1 aromatic carbocycles. The number of nitrogens with zero attached hydrogens (tertiary/aromatic N) is 2. The molecule has 0 bridgehead atoms. The van der Waals surface area contributed by atoms with E-state index >= 15 is 0 Å². The summed E-state index contributed by atoms with van der Waals surface area (Å²) in [6.07, 6.45) is 1.69. The van der Waals surface area contributed by atoms with Gasteiger partial charge in [-0.3, -0.25) is 4.99 Å². The number of aliphatic imine (C=N–C) groups is 1. The van der Waals surface area contributed by atoms with Gasteiger partial charge in [0.1, 0.15) is 11.5 Å². The van der Waals surface area contributed by atoms with Gasteiger partial charge in [-0.15, -0.1) is 24.0 Å². The maximum absolute atomic E-state index is 5.39. The molecule has 6 nitrogen and oxygen atoms in total. The summed E-state index contributed by atoms with van der Waals surface area (Å²) in [7, 11) is 3.43.